The molecule has 4 atom stereocenters. The van der Waals surface area contributed by atoms with Gasteiger partial charge in [-0.1, -0.05) is 36.9 Å². The van der Waals surface area contributed by atoms with E-state index in [1.165, 1.54) is 4.90 Å². The lowest BCUT2D eigenvalue weighted by atomic mass is 10.1. The highest BCUT2D eigenvalue weighted by molar-refractivity contribution is 7.99. The zero-order chi connectivity index (χ0) is 12.3. The number of benzene rings is 1. The van der Waals surface area contributed by atoms with Crippen LogP contribution in [0.2, 0.25) is 0 Å². The zero-order valence-electron chi connectivity index (χ0n) is 10.6. The summed E-state index contributed by atoms with van der Waals surface area (Å²) in [6, 6.07) is 10.4. The van der Waals surface area contributed by atoms with Crippen LogP contribution in [0.25, 0.3) is 0 Å². The fourth-order valence-corrected chi connectivity index (χ4v) is 3.19. The van der Waals surface area contributed by atoms with Gasteiger partial charge in [-0.05, 0) is 31.4 Å². The van der Waals surface area contributed by atoms with Crippen molar-refractivity contribution in [3.63, 3.8) is 0 Å². The maximum atomic E-state index is 6.07. The molecule has 0 N–H and O–H groups in total. The molecule has 3 heteroatoms. The summed E-state index contributed by atoms with van der Waals surface area (Å²) in [5.41, 5.74) is 0.250. The van der Waals surface area contributed by atoms with Gasteiger partial charge in [0.1, 0.15) is 5.44 Å². The molecule has 0 aliphatic carbocycles. The quantitative estimate of drug-likeness (QED) is 0.816. The van der Waals surface area contributed by atoms with Crippen molar-refractivity contribution in [3.8, 4) is 0 Å². The molecule has 94 valence electrons. The first-order valence-corrected chi connectivity index (χ1v) is 6.98. The summed E-state index contributed by atoms with van der Waals surface area (Å²) in [4.78, 5) is 1.27. The van der Waals surface area contributed by atoms with Gasteiger partial charge in [-0.2, -0.15) is 0 Å². The third kappa shape index (κ3) is 3.24. The molecule has 0 spiro atoms. The Morgan fingerprint density at radius 2 is 2.06 bits per heavy atom. The van der Waals surface area contributed by atoms with Crippen LogP contribution in [0.15, 0.2) is 35.2 Å². The minimum Gasteiger partial charge on any atom is -0.379 e. The molecule has 2 rings (SSSR count). The van der Waals surface area contributed by atoms with Gasteiger partial charge in [0.25, 0.3) is 0 Å². The maximum Gasteiger partial charge on any atom is 0.110 e. The van der Waals surface area contributed by atoms with E-state index < -0.39 is 0 Å². The van der Waals surface area contributed by atoms with Crippen molar-refractivity contribution < 1.29 is 9.47 Å². The third-order valence-corrected chi connectivity index (χ3v) is 4.62. The van der Waals surface area contributed by atoms with Gasteiger partial charge in [0.2, 0.25) is 0 Å². The van der Waals surface area contributed by atoms with E-state index >= 15 is 0 Å². The number of ether oxygens (including phenoxy) is 2. The summed E-state index contributed by atoms with van der Waals surface area (Å²) in [6.07, 6.45) is 1.49. The van der Waals surface area contributed by atoms with Crippen molar-refractivity contribution in [2.24, 2.45) is 5.92 Å². The highest BCUT2D eigenvalue weighted by Crippen LogP contribution is 2.38. The molecular weight excluding hydrogens is 232 g/mol. The lowest BCUT2D eigenvalue weighted by Gasteiger charge is -2.18. The standard InChI is InChI=1S/C14H20O2S/c1-10-9-13(11(2)15-3)16-14(10)17-12-7-5-4-6-8-12/h4-8,10-11,13-14H,9H2,1-3H3/t10-,11-,13+,14?/m0/s1. The maximum absolute atomic E-state index is 6.07. The van der Waals surface area contributed by atoms with Crippen LogP contribution in [0.3, 0.4) is 0 Å². The minimum atomic E-state index is 0.179. The fourth-order valence-electron chi connectivity index (χ4n) is 2.07. The van der Waals surface area contributed by atoms with Crippen LogP contribution in [-0.2, 0) is 9.47 Å². The van der Waals surface area contributed by atoms with E-state index in [1.807, 2.05) is 17.8 Å². The predicted octanol–water partition coefficient (Wildman–Crippen LogP) is 3.56. The second kappa shape index (κ2) is 5.89. The van der Waals surface area contributed by atoms with Crippen molar-refractivity contribution in [1.29, 1.82) is 0 Å². The van der Waals surface area contributed by atoms with Gasteiger partial charge in [0, 0.05) is 12.0 Å². The van der Waals surface area contributed by atoms with Gasteiger partial charge in [-0.15, -0.1) is 0 Å². The van der Waals surface area contributed by atoms with Gasteiger partial charge in [0.15, 0.2) is 0 Å². The first kappa shape index (κ1) is 12.9. The van der Waals surface area contributed by atoms with Crippen molar-refractivity contribution in [1.82, 2.24) is 0 Å². The molecular formula is C14H20O2S. The number of thioether (sulfide) groups is 1. The Kier molecular flexibility index (Phi) is 4.48. The Morgan fingerprint density at radius 1 is 1.35 bits per heavy atom. The molecule has 1 fully saturated rings. The zero-order valence-corrected chi connectivity index (χ0v) is 11.4. The van der Waals surface area contributed by atoms with Gasteiger partial charge >= 0.3 is 0 Å². The Morgan fingerprint density at radius 3 is 2.71 bits per heavy atom. The van der Waals surface area contributed by atoms with E-state index in [0.29, 0.717) is 5.92 Å². The van der Waals surface area contributed by atoms with Crippen LogP contribution in [0.1, 0.15) is 20.3 Å². The summed E-state index contributed by atoms with van der Waals surface area (Å²) < 4.78 is 11.4. The van der Waals surface area contributed by atoms with Crippen LogP contribution in [0.5, 0.6) is 0 Å². The molecule has 0 radical (unpaired) electrons. The first-order valence-electron chi connectivity index (χ1n) is 6.10. The number of rotatable bonds is 4. The van der Waals surface area contributed by atoms with Crippen molar-refractivity contribution in [2.75, 3.05) is 7.11 Å². The van der Waals surface area contributed by atoms with Gasteiger partial charge < -0.3 is 9.47 Å². The third-order valence-electron chi connectivity index (χ3n) is 3.27. The molecule has 0 aromatic heterocycles. The smallest absolute Gasteiger partial charge is 0.110 e. The Labute approximate surface area is 108 Å². The van der Waals surface area contributed by atoms with Crippen molar-refractivity contribution in [2.45, 2.75) is 42.8 Å². The Hall–Kier alpha value is -0.510. The second-order valence-corrected chi connectivity index (χ2v) is 5.80. The largest absolute Gasteiger partial charge is 0.379 e. The second-order valence-electron chi connectivity index (χ2n) is 4.63. The highest BCUT2D eigenvalue weighted by atomic mass is 32.2. The van der Waals surface area contributed by atoms with E-state index in [1.54, 1.807) is 7.11 Å². The van der Waals surface area contributed by atoms with Crippen LogP contribution < -0.4 is 0 Å². The molecule has 1 saturated heterocycles. The summed E-state index contributed by atoms with van der Waals surface area (Å²) in [5, 5.41) is 0. The van der Waals surface area contributed by atoms with E-state index in [4.69, 9.17) is 9.47 Å². The molecule has 17 heavy (non-hydrogen) atoms. The van der Waals surface area contributed by atoms with E-state index in [2.05, 4.69) is 38.1 Å². The normalized spacial score (nSPS) is 30.4. The SMILES string of the molecule is CO[C@@H](C)[C@H]1C[C@H](C)C(Sc2ccccc2)O1. The topological polar surface area (TPSA) is 18.5 Å². The van der Waals surface area contributed by atoms with Crippen LogP contribution in [-0.4, -0.2) is 24.8 Å². The molecule has 2 nitrogen and oxygen atoms in total. The van der Waals surface area contributed by atoms with Crippen LogP contribution in [0.4, 0.5) is 0 Å². The Balaban J connectivity index is 1.94. The van der Waals surface area contributed by atoms with Crippen LogP contribution in [0, 0.1) is 5.92 Å². The monoisotopic (exact) mass is 252 g/mol. The molecule has 1 unspecified atom stereocenters. The summed E-state index contributed by atoms with van der Waals surface area (Å²) in [6.45, 7) is 4.33. The molecule has 1 heterocycles. The lowest BCUT2D eigenvalue weighted by molar-refractivity contribution is -0.0246. The number of methoxy groups -OCH3 is 1. The molecule has 0 bridgehead atoms. The fraction of sp³-hybridized carbons (Fsp3) is 0.571. The molecule has 1 aromatic carbocycles. The summed E-state index contributed by atoms with van der Waals surface area (Å²) in [5.74, 6) is 0.572. The average molecular weight is 252 g/mol. The lowest BCUT2D eigenvalue weighted by Crippen LogP contribution is -2.24. The van der Waals surface area contributed by atoms with Crippen molar-refractivity contribution in [3.05, 3.63) is 30.3 Å². The molecule has 1 aromatic rings. The number of hydrogen-bond acceptors (Lipinski definition) is 3. The van der Waals surface area contributed by atoms with Crippen LogP contribution >= 0.6 is 11.8 Å². The molecule has 0 saturated carbocycles. The van der Waals surface area contributed by atoms with Crippen molar-refractivity contribution >= 4 is 11.8 Å². The first-order chi connectivity index (χ1) is 8.20. The van der Waals surface area contributed by atoms with E-state index in [0.717, 1.165) is 6.42 Å². The molecule has 1 aliphatic rings. The predicted molar refractivity (Wildman–Crippen MR) is 71.2 cm³/mol. The summed E-state index contributed by atoms with van der Waals surface area (Å²) >= 11 is 1.81. The van der Waals surface area contributed by atoms with Gasteiger partial charge in [0.05, 0.1) is 12.2 Å². The van der Waals surface area contributed by atoms with Gasteiger partial charge in [-0.25, -0.2) is 0 Å². The molecule has 0 amide bonds. The van der Waals surface area contributed by atoms with E-state index in [-0.39, 0.29) is 17.6 Å². The number of hydrogen-bond donors (Lipinski definition) is 0. The van der Waals surface area contributed by atoms with E-state index in [9.17, 15) is 0 Å². The molecule has 1 aliphatic heterocycles. The summed E-state index contributed by atoms with van der Waals surface area (Å²) in [7, 11) is 1.75. The minimum absolute atomic E-state index is 0.179. The van der Waals surface area contributed by atoms with Gasteiger partial charge in [-0.3, -0.25) is 0 Å². The highest BCUT2D eigenvalue weighted by Gasteiger charge is 2.35. The Bertz CT molecular complexity index is 341. The average Bonchev–Trinajstić information content (AvgIpc) is 2.71.